The van der Waals surface area contributed by atoms with E-state index >= 15 is 0 Å². The van der Waals surface area contributed by atoms with E-state index in [0.29, 0.717) is 47.9 Å². The molecule has 0 atom stereocenters. The van der Waals surface area contributed by atoms with Gasteiger partial charge in [0.25, 0.3) is 0 Å². The van der Waals surface area contributed by atoms with Crippen LogP contribution in [0.25, 0.3) is 0 Å². The van der Waals surface area contributed by atoms with Crippen molar-refractivity contribution in [3.63, 3.8) is 0 Å². The monoisotopic (exact) mass is 417 g/mol. The fourth-order valence-electron chi connectivity index (χ4n) is 3.14. The molecule has 3 amide bonds. The number of hydrogen-bond donors (Lipinski definition) is 2. The molecule has 0 unspecified atom stereocenters. The first-order valence-corrected chi connectivity index (χ1v) is 10.1. The highest BCUT2D eigenvalue weighted by molar-refractivity contribution is 7.14. The van der Waals surface area contributed by atoms with Crippen LogP contribution >= 0.6 is 11.3 Å². The zero-order valence-electron chi connectivity index (χ0n) is 16.3. The summed E-state index contributed by atoms with van der Waals surface area (Å²) in [6.45, 7) is 0.955. The van der Waals surface area contributed by atoms with E-state index in [2.05, 4.69) is 15.4 Å². The van der Waals surface area contributed by atoms with Crippen LogP contribution in [0.4, 0.5) is 15.5 Å². The number of ether oxygens (including phenoxy) is 2. The van der Waals surface area contributed by atoms with E-state index in [-0.39, 0.29) is 17.9 Å². The minimum Gasteiger partial charge on any atom is -0.495 e. The molecule has 9 heteroatoms. The number of methoxy groups -OCH3 is 2. The van der Waals surface area contributed by atoms with Crippen LogP contribution in [0.15, 0.2) is 35.7 Å². The number of rotatable bonds is 5. The molecule has 2 N–H and O–H groups in total. The average molecular weight is 417 g/mol. The van der Waals surface area contributed by atoms with E-state index in [1.165, 1.54) is 18.4 Å². The normalized spacial score (nSPS) is 14.2. The van der Waals surface area contributed by atoms with Crippen molar-refractivity contribution in [3.05, 3.63) is 41.3 Å². The van der Waals surface area contributed by atoms with E-state index in [4.69, 9.17) is 4.74 Å². The Kier molecular flexibility index (Phi) is 6.71. The number of likely N-dealkylation sites (tertiary alicyclic amines) is 1. The minimum absolute atomic E-state index is 0.0736. The molecule has 8 nitrogen and oxygen atoms in total. The number of carbonyl (C=O) groups excluding carboxylic acids is 3. The lowest BCUT2D eigenvalue weighted by molar-refractivity contribution is -0.121. The van der Waals surface area contributed by atoms with Gasteiger partial charge in [-0.25, -0.2) is 9.59 Å². The molecule has 154 valence electrons. The first-order valence-electron chi connectivity index (χ1n) is 9.18. The summed E-state index contributed by atoms with van der Waals surface area (Å²) < 4.78 is 9.92. The first-order chi connectivity index (χ1) is 14.0. The molecule has 1 fully saturated rings. The highest BCUT2D eigenvalue weighted by atomic mass is 32.1. The number of anilines is 2. The van der Waals surface area contributed by atoms with Crippen molar-refractivity contribution in [1.82, 2.24) is 4.90 Å². The third-order valence-electron chi connectivity index (χ3n) is 4.77. The van der Waals surface area contributed by atoms with Gasteiger partial charge in [0.2, 0.25) is 5.91 Å². The lowest BCUT2D eigenvalue weighted by atomic mass is 9.96. The van der Waals surface area contributed by atoms with Crippen molar-refractivity contribution >= 4 is 39.9 Å². The van der Waals surface area contributed by atoms with Crippen molar-refractivity contribution in [2.24, 2.45) is 5.92 Å². The number of benzene rings is 1. The minimum atomic E-state index is -0.441. The number of amides is 3. The molecular formula is C20H23N3O5S. The van der Waals surface area contributed by atoms with Gasteiger partial charge in [0.15, 0.2) is 0 Å². The van der Waals surface area contributed by atoms with Crippen molar-refractivity contribution in [1.29, 1.82) is 0 Å². The molecule has 0 aliphatic carbocycles. The summed E-state index contributed by atoms with van der Waals surface area (Å²) in [6.07, 6.45) is 1.15. The average Bonchev–Trinajstić information content (AvgIpc) is 3.22. The molecule has 1 aliphatic heterocycles. The van der Waals surface area contributed by atoms with Crippen molar-refractivity contribution in [2.45, 2.75) is 12.8 Å². The van der Waals surface area contributed by atoms with Gasteiger partial charge in [-0.05, 0) is 31.0 Å². The van der Waals surface area contributed by atoms with Crippen molar-refractivity contribution in [3.8, 4) is 5.75 Å². The second-order valence-electron chi connectivity index (χ2n) is 6.57. The Morgan fingerprint density at radius 2 is 1.83 bits per heavy atom. The number of carbonyl (C=O) groups is 3. The van der Waals surface area contributed by atoms with Gasteiger partial charge >= 0.3 is 12.0 Å². The molecule has 2 heterocycles. The van der Waals surface area contributed by atoms with Gasteiger partial charge in [-0.2, -0.15) is 0 Å². The smallest absolute Gasteiger partial charge is 0.338 e. The molecule has 0 saturated carbocycles. The Labute approximate surface area is 172 Å². The Bertz CT molecular complexity index is 890. The molecule has 0 radical (unpaired) electrons. The summed E-state index contributed by atoms with van der Waals surface area (Å²) in [5.74, 6) is -0.0734. The quantitative estimate of drug-likeness (QED) is 0.727. The predicted molar refractivity (Wildman–Crippen MR) is 111 cm³/mol. The maximum absolute atomic E-state index is 12.6. The number of thiophene rings is 1. The molecule has 1 aromatic heterocycles. The van der Waals surface area contributed by atoms with Crippen LogP contribution in [0.1, 0.15) is 23.2 Å². The zero-order valence-corrected chi connectivity index (χ0v) is 17.1. The summed E-state index contributed by atoms with van der Waals surface area (Å²) >= 11 is 1.26. The Hall–Kier alpha value is -3.07. The van der Waals surface area contributed by atoms with E-state index in [0.717, 1.165) is 0 Å². The fraction of sp³-hybridized carbons (Fsp3) is 0.350. The van der Waals surface area contributed by atoms with Gasteiger partial charge in [-0.3, -0.25) is 10.1 Å². The summed E-state index contributed by atoms with van der Waals surface area (Å²) in [6, 6.07) is 8.60. The topological polar surface area (TPSA) is 97.0 Å². The molecule has 2 aromatic rings. The number of nitrogens with zero attached hydrogens (tertiary/aromatic N) is 1. The number of hydrogen-bond acceptors (Lipinski definition) is 6. The second-order valence-corrected chi connectivity index (χ2v) is 7.48. The molecule has 1 aliphatic rings. The van der Waals surface area contributed by atoms with Gasteiger partial charge in [0, 0.05) is 24.4 Å². The van der Waals surface area contributed by atoms with Gasteiger partial charge in [-0.1, -0.05) is 12.1 Å². The summed E-state index contributed by atoms with van der Waals surface area (Å²) in [5, 5.41) is 7.91. The van der Waals surface area contributed by atoms with E-state index < -0.39 is 5.97 Å². The Balaban J connectivity index is 1.50. The molecule has 3 rings (SSSR count). The third kappa shape index (κ3) is 5.05. The Morgan fingerprint density at radius 3 is 2.52 bits per heavy atom. The highest BCUT2D eigenvalue weighted by Crippen LogP contribution is 2.26. The molecule has 1 aromatic carbocycles. The van der Waals surface area contributed by atoms with Crippen LogP contribution in [0.3, 0.4) is 0 Å². The summed E-state index contributed by atoms with van der Waals surface area (Å²) in [7, 11) is 2.87. The largest absolute Gasteiger partial charge is 0.495 e. The van der Waals surface area contributed by atoms with Crippen LogP contribution < -0.4 is 15.4 Å². The van der Waals surface area contributed by atoms with E-state index in [1.807, 2.05) is 12.1 Å². The maximum Gasteiger partial charge on any atom is 0.338 e. The SMILES string of the molecule is COC(=O)c1csc(NC(=O)N2CCC(C(=O)Nc3ccccc3OC)CC2)c1. The molecule has 29 heavy (non-hydrogen) atoms. The number of piperidine rings is 1. The van der Waals surface area contributed by atoms with Gasteiger partial charge in [0.05, 0.1) is 30.5 Å². The van der Waals surface area contributed by atoms with Crippen LogP contribution in [0.2, 0.25) is 0 Å². The number of nitrogens with one attached hydrogen (secondary N) is 2. The zero-order chi connectivity index (χ0) is 20.8. The van der Waals surface area contributed by atoms with Crippen LogP contribution in [0, 0.1) is 5.92 Å². The summed E-state index contributed by atoms with van der Waals surface area (Å²) in [4.78, 5) is 38.2. The number of para-hydroxylation sites is 2. The van der Waals surface area contributed by atoms with Crippen molar-refractivity contribution < 1.29 is 23.9 Å². The predicted octanol–water partition coefficient (Wildman–Crippen LogP) is 3.43. The molecule has 0 bridgehead atoms. The van der Waals surface area contributed by atoms with Crippen LogP contribution in [0.5, 0.6) is 5.75 Å². The van der Waals surface area contributed by atoms with Crippen molar-refractivity contribution in [2.75, 3.05) is 37.9 Å². The summed E-state index contributed by atoms with van der Waals surface area (Å²) in [5.41, 5.74) is 1.04. The first kappa shape index (κ1) is 20.7. The van der Waals surface area contributed by atoms with Crippen LogP contribution in [-0.2, 0) is 9.53 Å². The number of urea groups is 1. The molecule has 1 saturated heterocycles. The van der Waals surface area contributed by atoms with Gasteiger partial charge in [0.1, 0.15) is 5.75 Å². The third-order valence-corrected chi connectivity index (χ3v) is 5.61. The lowest BCUT2D eigenvalue weighted by Crippen LogP contribution is -2.43. The maximum atomic E-state index is 12.6. The second kappa shape index (κ2) is 9.42. The fourth-order valence-corrected chi connectivity index (χ4v) is 3.90. The lowest BCUT2D eigenvalue weighted by Gasteiger charge is -2.31. The highest BCUT2D eigenvalue weighted by Gasteiger charge is 2.28. The standard InChI is InChI=1S/C20H23N3O5S/c1-27-16-6-4-3-5-15(16)21-18(24)13-7-9-23(10-8-13)20(26)22-17-11-14(12-29-17)19(25)28-2/h3-6,11-13H,7-10H2,1-2H3,(H,21,24)(H,22,26). The van der Waals surface area contributed by atoms with Crippen LogP contribution in [-0.4, -0.2) is 50.1 Å². The van der Waals surface area contributed by atoms with Gasteiger partial charge in [-0.15, -0.1) is 11.3 Å². The number of esters is 1. The van der Waals surface area contributed by atoms with E-state index in [1.54, 1.807) is 35.6 Å². The molecular weight excluding hydrogens is 394 g/mol. The van der Waals surface area contributed by atoms with Gasteiger partial charge < -0.3 is 19.7 Å². The molecule has 0 spiro atoms. The Morgan fingerprint density at radius 1 is 1.10 bits per heavy atom. The van der Waals surface area contributed by atoms with E-state index in [9.17, 15) is 14.4 Å².